The zero-order valence-electron chi connectivity index (χ0n) is 13.7. The predicted octanol–water partition coefficient (Wildman–Crippen LogP) is 0.815. The second kappa shape index (κ2) is 6.09. The second-order valence-electron chi connectivity index (χ2n) is 6.90. The Bertz CT molecular complexity index is 667. The molecule has 1 aromatic carbocycles. The van der Waals surface area contributed by atoms with Crippen LogP contribution >= 0.6 is 0 Å². The molecule has 0 aliphatic carbocycles. The molecule has 0 unspecified atom stereocenters. The van der Waals surface area contributed by atoms with E-state index < -0.39 is 0 Å². The van der Waals surface area contributed by atoms with Gasteiger partial charge in [-0.05, 0) is 37.8 Å². The Hall–Kier alpha value is -2.08. The second-order valence-corrected chi connectivity index (χ2v) is 6.90. The summed E-state index contributed by atoms with van der Waals surface area (Å²) in [5.74, 6) is -0.345. The van der Waals surface area contributed by atoms with Crippen LogP contribution in [0.25, 0.3) is 0 Å². The minimum absolute atomic E-state index is 0.170. The molecule has 0 spiro atoms. The third kappa shape index (κ3) is 2.65. The van der Waals surface area contributed by atoms with E-state index in [4.69, 9.17) is 0 Å². The van der Waals surface area contributed by atoms with Crippen molar-refractivity contribution in [2.75, 3.05) is 29.4 Å². The van der Waals surface area contributed by atoms with Crippen LogP contribution in [0.3, 0.4) is 0 Å². The molecule has 2 fully saturated rings. The Balaban J connectivity index is 1.59. The van der Waals surface area contributed by atoms with Crippen LogP contribution in [0.5, 0.6) is 0 Å². The lowest BCUT2D eigenvalue weighted by Gasteiger charge is -2.34. The first-order valence-electron chi connectivity index (χ1n) is 8.79. The van der Waals surface area contributed by atoms with Crippen LogP contribution in [0.2, 0.25) is 0 Å². The van der Waals surface area contributed by atoms with E-state index >= 15 is 0 Å². The van der Waals surface area contributed by atoms with Crippen molar-refractivity contribution in [3.05, 3.63) is 23.8 Å². The molecule has 4 rings (SSSR count). The minimum Gasteiger partial charge on any atom is -0.393 e. The van der Waals surface area contributed by atoms with E-state index in [0.29, 0.717) is 12.8 Å². The number of amides is 2. The number of carbonyl (C=O) groups excluding carboxylic acids is 2. The van der Waals surface area contributed by atoms with Gasteiger partial charge < -0.3 is 14.9 Å². The molecule has 3 heterocycles. The molecule has 2 amide bonds. The van der Waals surface area contributed by atoms with Crippen LogP contribution in [0.15, 0.2) is 18.2 Å². The number of fused-ring (bicyclic) bond motifs is 1. The van der Waals surface area contributed by atoms with Gasteiger partial charge in [-0.3, -0.25) is 14.9 Å². The number of nitrogens with zero attached hydrogens (tertiary/aromatic N) is 2. The Kier molecular flexibility index (Phi) is 3.92. The van der Waals surface area contributed by atoms with E-state index in [1.54, 1.807) is 0 Å². The fourth-order valence-electron chi connectivity index (χ4n) is 4.15. The van der Waals surface area contributed by atoms with Crippen molar-refractivity contribution >= 4 is 23.2 Å². The van der Waals surface area contributed by atoms with Gasteiger partial charge in [0.2, 0.25) is 11.8 Å². The van der Waals surface area contributed by atoms with Crippen LogP contribution in [0, 0.1) is 0 Å². The molecule has 2 N–H and O–H groups in total. The number of hydrogen-bond acceptors (Lipinski definition) is 5. The Labute approximate surface area is 141 Å². The Morgan fingerprint density at radius 2 is 1.75 bits per heavy atom. The molecule has 0 bridgehead atoms. The molecule has 1 aromatic rings. The number of hydrogen-bond donors (Lipinski definition) is 2. The lowest BCUT2D eigenvalue weighted by molar-refractivity contribution is -0.134. The quantitative estimate of drug-likeness (QED) is 0.786. The summed E-state index contributed by atoms with van der Waals surface area (Å²) in [7, 11) is 0. The van der Waals surface area contributed by atoms with E-state index in [1.165, 1.54) is 11.3 Å². The Morgan fingerprint density at radius 1 is 1.00 bits per heavy atom. The molecule has 6 nitrogen and oxygen atoms in total. The maximum atomic E-state index is 12.2. The third-order valence-corrected chi connectivity index (χ3v) is 5.43. The van der Waals surface area contributed by atoms with Crippen molar-refractivity contribution in [3.8, 4) is 0 Å². The van der Waals surface area contributed by atoms with Gasteiger partial charge in [-0.1, -0.05) is 6.07 Å². The summed E-state index contributed by atoms with van der Waals surface area (Å²) in [4.78, 5) is 28.1. The molecule has 6 heteroatoms. The third-order valence-electron chi connectivity index (χ3n) is 5.43. The van der Waals surface area contributed by atoms with Gasteiger partial charge in [0, 0.05) is 43.0 Å². The van der Waals surface area contributed by atoms with Crippen molar-refractivity contribution in [1.82, 2.24) is 5.32 Å². The number of aliphatic hydroxyl groups is 1. The number of carbonyl (C=O) groups is 2. The summed E-state index contributed by atoms with van der Waals surface area (Å²) in [6.45, 7) is 2.56. The lowest BCUT2D eigenvalue weighted by atomic mass is 10.0. The van der Waals surface area contributed by atoms with Gasteiger partial charge in [0.15, 0.2) is 0 Å². The largest absolute Gasteiger partial charge is 0.393 e. The summed E-state index contributed by atoms with van der Waals surface area (Å²) in [5.41, 5.74) is 3.64. The van der Waals surface area contributed by atoms with E-state index in [2.05, 4.69) is 27.2 Å². The SMILES string of the molecule is O=C1CC[C@H](N2CCc3c(N4CCC(O)CC4)cccc32)C(=O)N1. The Morgan fingerprint density at radius 3 is 2.50 bits per heavy atom. The molecular formula is C18H23N3O3. The van der Waals surface area contributed by atoms with Crippen LogP contribution in [-0.2, 0) is 16.0 Å². The molecule has 3 aliphatic heterocycles. The summed E-state index contributed by atoms with van der Waals surface area (Å²) in [5, 5.41) is 12.2. The van der Waals surface area contributed by atoms with Gasteiger partial charge in [0.25, 0.3) is 0 Å². The summed E-state index contributed by atoms with van der Waals surface area (Å²) in [6.07, 6.45) is 3.34. The highest BCUT2D eigenvalue weighted by Gasteiger charge is 2.36. The fraction of sp³-hybridized carbons (Fsp3) is 0.556. The molecule has 2 saturated heterocycles. The molecular weight excluding hydrogens is 306 g/mol. The number of imide groups is 1. The number of nitrogens with one attached hydrogen (secondary N) is 1. The maximum absolute atomic E-state index is 12.2. The van der Waals surface area contributed by atoms with Gasteiger partial charge in [-0.15, -0.1) is 0 Å². The summed E-state index contributed by atoms with van der Waals surface area (Å²) in [6, 6.07) is 6.02. The summed E-state index contributed by atoms with van der Waals surface area (Å²) >= 11 is 0. The van der Waals surface area contributed by atoms with E-state index in [-0.39, 0.29) is 24.0 Å². The van der Waals surface area contributed by atoms with E-state index in [0.717, 1.165) is 44.6 Å². The molecule has 1 atom stereocenters. The fourth-order valence-corrected chi connectivity index (χ4v) is 4.15. The van der Waals surface area contributed by atoms with E-state index in [9.17, 15) is 14.7 Å². The maximum Gasteiger partial charge on any atom is 0.249 e. The number of benzene rings is 1. The highest BCUT2D eigenvalue weighted by atomic mass is 16.3. The van der Waals surface area contributed by atoms with Crippen LogP contribution in [-0.4, -0.2) is 48.7 Å². The standard InChI is InChI=1S/C18H23N3O3/c22-12-6-9-20(10-7-12)14-2-1-3-15-13(14)8-11-21(15)16-4-5-17(23)19-18(16)24/h1-3,12,16,22H,4-11H2,(H,19,23,24)/t16-/m0/s1. The average molecular weight is 329 g/mol. The van der Waals surface area contributed by atoms with Crippen LogP contribution < -0.4 is 15.1 Å². The summed E-state index contributed by atoms with van der Waals surface area (Å²) < 4.78 is 0. The van der Waals surface area contributed by atoms with Gasteiger partial charge >= 0.3 is 0 Å². The van der Waals surface area contributed by atoms with Crippen LogP contribution in [0.4, 0.5) is 11.4 Å². The molecule has 3 aliphatic rings. The number of piperidine rings is 2. The molecule has 24 heavy (non-hydrogen) atoms. The first kappa shape index (κ1) is 15.4. The van der Waals surface area contributed by atoms with E-state index in [1.807, 2.05) is 6.07 Å². The average Bonchev–Trinajstić information content (AvgIpc) is 3.00. The molecule has 128 valence electrons. The molecule has 0 saturated carbocycles. The predicted molar refractivity (Wildman–Crippen MR) is 91.1 cm³/mol. The topological polar surface area (TPSA) is 72.9 Å². The minimum atomic E-state index is -0.248. The van der Waals surface area contributed by atoms with Crippen molar-refractivity contribution in [2.45, 2.75) is 44.2 Å². The highest BCUT2D eigenvalue weighted by Crippen LogP contribution is 2.38. The zero-order valence-corrected chi connectivity index (χ0v) is 13.7. The van der Waals surface area contributed by atoms with Gasteiger partial charge in [0.05, 0.1) is 6.10 Å². The monoisotopic (exact) mass is 329 g/mol. The lowest BCUT2D eigenvalue weighted by Crippen LogP contribution is -2.52. The highest BCUT2D eigenvalue weighted by molar-refractivity contribution is 6.02. The van der Waals surface area contributed by atoms with Crippen molar-refractivity contribution in [3.63, 3.8) is 0 Å². The smallest absolute Gasteiger partial charge is 0.249 e. The first-order chi connectivity index (χ1) is 11.6. The molecule has 0 aromatic heterocycles. The van der Waals surface area contributed by atoms with Crippen LogP contribution in [0.1, 0.15) is 31.2 Å². The normalized spacial score (nSPS) is 25.0. The number of rotatable bonds is 2. The van der Waals surface area contributed by atoms with Crippen molar-refractivity contribution in [2.24, 2.45) is 0 Å². The van der Waals surface area contributed by atoms with Gasteiger partial charge in [-0.2, -0.15) is 0 Å². The first-order valence-corrected chi connectivity index (χ1v) is 8.79. The van der Waals surface area contributed by atoms with Gasteiger partial charge in [0.1, 0.15) is 6.04 Å². The zero-order chi connectivity index (χ0) is 16.7. The van der Waals surface area contributed by atoms with Gasteiger partial charge in [-0.25, -0.2) is 0 Å². The van der Waals surface area contributed by atoms with Crippen molar-refractivity contribution in [1.29, 1.82) is 0 Å². The number of aliphatic hydroxyl groups excluding tert-OH is 1. The van der Waals surface area contributed by atoms with Crippen molar-refractivity contribution < 1.29 is 14.7 Å². The number of anilines is 2. The molecule has 0 radical (unpaired) electrons.